The van der Waals surface area contributed by atoms with Crippen LogP contribution in [0.2, 0.25) is 5.02 Å². The smallest absolute Gasteiger partial charge is 0.0844 e. The summed E-state index contributed by atoms with van der Waals surface area (Å²) in [5.41, 5.74) is 2.12. The second-order valence-corrected chi connectivity index (χ2v) is 4.54. The highest BCUT2D eigenvalue weighted by molar-refractivity contribution is 7.06. The Balaban J connectivity index is 2.25. The zero-order valence-corrected chi connectivity index (χ0v) is 9.90. The normalized spacial score (nSPS) is 10.5. The Morgan fingerprint density at radius 2 is 2.07 bits per heavy atom. The molecule has 4 heteroatoms. The monoisotopic (exact) mass is 238 g/mol. The van der Waals surface area contributed by atoms with Crippen LogP contribution in [-0.4, -0.2) is 11.4 Å². The second kappa shape index (κ2) is 4.75. The maximum Gasteiger partial charge on any atom is 0.0844 e. The Bertz CT molecular complexity index is 436. The Hall–Kier alpha value is -0.900. The fourth-order valence-corrected chi connectivity index (χ4v) is 2.20. The van der Waals surface area contributed by atoms with Gasteiger partial charge in [0, 0.05) is 22.0 Å². The molecule has 1 aromatic heterocycles. The minimum atomic E-state index is 0.754. The first kappa shape index (κ1) is 10.6. The summed E-state index contributed by atoms with van der Waals surface area (Å²) < 4.78 is 4.39. The van der Waals surface area contributed by atoms with Crippen LogP contribution in [0.4, 0.5) is 0 Å². The molecule has 0 unspecified atom stereocenters. The predicted molar refractivity (Wildman–Crippen MR) is 65.3 cm³/mol. The third-order valence-corrected chi connectivity index (χ3v) is 3.09. The van der Waals surface area contributed by atoms with Crippen molar-refractivity contribution in [2.75, 3.05) is 7.05 Å². The lowest BCUT2D eigenvalue weighted by Gasteiger charge is -1.95. The number of nitrogens with one attached hydrogen (secondary N) is 1. The van der Waals surface area contributed by atoms with Crippen molar-refractivity contribution >= 4 is 23.1 Å². The van der Waals surface area contributed by atoms with Gasteiger partial charge >= 0.3 is 0 Å². The molecule has 0 amide bonds. The molecule has 0 saturated heterocycles. The fraction of sp³-hybridized carbons (Fsp3) is 0.182. The van der Waals surface area contributed by atoms with Gasteiger partial charge in [-0.1, -0.05) is 23.7 Å². The second-order valence-electron chi connectivity index (χ2n) is 3.22. The van der Waals surface area contributed by atoms with Gasteiger partial charge < -0.3 is 5.32 Å². The number of aromatic nitrogens is 1. The number of hydrogen-bond donors (Lipinski definition) is 1. The largest absolute Gasteiger partial charge is 0.315 e. The average Bonchev–Trinajstić information content (AvgIpc) is 2.68. The molecule has 0 aliphatic carbocycles. The summed E-state index contributed by atoms with van der Waals surface area (Å²) in [7, 11) is 1.93. The molecule has 0 fully saturated rings. The molecule has 2 rings (SSSR count). The molecule has 2 aromatic rings. The third-order valence-electron chi connectivity index (χ3n) is 2.05. The Kier molecular flexibility index (Phi) is 3.36. The van der Waals surface area contributed by atoms with E-state index in [2.05, 4.69) is 15.8 Å². The molecule has 1 aromatic carbocycles. The predicted octanol–water partition coefficient (Wildman–Crippen LogP) is 3.18. The summed E-state index contributed by atoms with van der Waals surface area (Å²) in [6, 6.07) is 9.84. The van der Waals surface area contributed by atoms with E-state index in [0.717, 1.165) is 22.8 Å². The van der Waals surface area contributed by atoms with E-state index < -0.39 is 0 Å². The van der Waals surface area contributed by atoms with E-state index >= 15 is 0 Å². The summed E-state index contributed by atoms with van der Waals surface area (Å²) in [5, 5.41) is 3.86. The van der Waals surface area contributed by atoms with Crippen molar-refractivity contribution in [3.8, 4) is 11.3 Å². The van der Waals surface area contributed by atoms with Crippen molar-refractivity contribution in [2.24, 2.45) is 0 Å². The molecule has 0 atom stereocenters. The van der Waals surface area contributed by atoms with Gasteiger partial charge in [0.15, 0.2) is 0 Å². The first-order valence-corrected chi connectivity index (χ1v) is 5.81. The van der Waals surface area contributed by atoms with E-state index in [0.29, 0.717) is 0 Å². The third kappa shape index (κ3) is 2.56. The van der Waals surface area contributed by atoms with Crippen molar-refractivity contribution in [1.29, 1.82) is 0 Å². The maximum atomic E-state index is 5.83. The van der Waals surface area contributed by atoms with Crippen LogP contribution >= 0.6 is 23.1 Å². The molecule has 0 bridgehead atoms. The Morgan fingerprint density at radius 1 is 1.33 bits per heavy atom. The molecule has 0 aliphatic rings. The lowest BCUT2D eigenvalue weighted by atomic mass is 10.1. The number of halogens is 1. The van der Waals surface area contributed by atoms with Crippen LogP contribution in [0.5, 0.6) is 0 Å². The molecule has 1 N–H and O–H groups in total. The van der Waals surface area contributed by atoms with Gasteiger partial charge in [-0.05, 0) is 36.8 Å². The van der Waals surface area contributed by atoms with Crippen LogP contribution in [0.3, 0.4) is 0 Å². The highest BCUT2D eigenvalue weighted by Crippen LogP contribution is 2.23. The molecule has 0 aliphatic heterocycles. The van der Waals surface area contributed by atoms with E-state index in [1.165, 1.54) is 16.4 Å². The van der Waals surface area contributed by atoms with Gasteiger partial charge in [-0.3, -0.25) is 0 Å². The number of rotatable bonds is 3. The number of nitrogens with zero attached hydrogens (tertiary/aromatic N) is 1. The first-order chi connectivity index (χ1) is 7.29. The van der Waals surface area contributed by atoms with Gasteiger partial charge in [0.2, 0.25) is 0 Å². The summed E-state index contributed by atoms with van der Waals surface area (Å²) >= 11 is 7.35. The van der Waals surface area contributed by atoms with Crippen LogP contribution in [0.25, 0.3) is 11.3 Å². The van der Waals surface area contributed by atoms with Gasteiger partial charge in [0.25, 0.3) is 0 Å². The van der Waals surface area contributed by atoms with Crippen molar-refractivity contribution in [3.05, 3.63) is 40.2 Å². The Morgan fingerprint density at radius 3 is 2.73 bits per heavy atom. The number of hydrogen-bond acceptors (Lipinski definition) is 3. The maximum absolute atomic E-state index is 5.83. The van der Waals surface area contributed by atoms with Crippen molar-refractivity contribution < 1.29 is 0 Å². The molecule has 15 heavy (non-hydrogen) atoms. The van der Waals surface area contributed by atoms with E-state index in [4.69, 9.17) is 11.6 Å². The van der Waals surface area contributed by atoms with Crippen LogP contribution in [-0.2, 0) is 6.54 Å². The summed E-state index contributed by atoms with van der Waals surface area (Å²) in [6.45, 7) is 0.866. The summed E-state index contributed by atoms with van der Waals surface area (Å²) in [4.78, 5) is 1.24. The minimum absolute atomic E-state index is 0.754. The number of benzene rings is 1. The molecule has 0 spiro atoms. The van der Waals surface area contributed by atoms with Crippen LogP contribution in [0.15, 0.2) is 30.3 Å². The summed E-state index contributed by atoms with van der Waals surface area (Å²) in [5.74, 6) is 0. The van der Waals surface area contributed by atoms with Gasteiger partial charge in [-0.15, -0.1) is 0 Å². The lowest BCUT2D eigenvalue weighted by molar-refractivity contribution is 0.831. The average molecular weight is 239 g/mol. The molecular weight excluding hydrogens is 228 g/mol. The molecule has 2 nitrogen and oxygen atoms in total. The first-order valence-electron chi connectivity index (χ1n) is 4.66. The van der Waals surface area contributed by atoms with Crippen molar-refractivity contribution in [2.45, 2.75) is 6.54 Å². The van der Waals surface area contributed by atoms with Gasteiger partial charge in [0.1, 0.15) is 0 Å². The highest BCUT2D eigenvalue weighted by Gasteiger charge is 2.03. The topological polar surface area (TPSA) is 24.9 Å². The van der Waals surface area contributed by atoms with Crippen LogP contribution in [0.1, 0.15) is 4.88 Å². The van der Waals surface area contributed by atoms with E-state index in [9.17, 15) is 0 Å². The van der Waals surface area contributed by atoms with Crippen molar-refractivity contribution in [3.63, 3.8) is 0 Å². The lowest BCUT2D eigenvalue weighted by Crippen LogP contribution is -2.02. The molecule has 0 radical (unpaired) electrons. The van der Waals surface area contributed by atoms with E-state index in [1.807, 2.05) is 31.3 Å². The fourth-order valence-electron chi connectivity index (χ4n) is 1.33. The summed E-state index contributed by atoms with van der Waals surface area (Å²) in [6.07, 6.45) is 0. The van der Waals surface area contributed by atoms with E-state index in [-0.39, 0.29) is 0 Å². The highest BCUT2D eigenvalue weighted by atomic mass is 35.5. The van der Waals surface area contributed by atoms with Gasteiger partial charge in [-0.25, -0.2) is 0 Å². The quantitative estimate of drug-likeness (QED) is 0.889. The van der Waals surface area contributed by atoms with Crippen molar-refractivity contribution in [1.82, 2.24) is 9.69 Å². The zero-order chi connectivity index (χ0) is 10.7. The molecule has 0 saturated carbocycles. The Labute approximate surface area is 98.1 Å². The molecule has 78 valence electrons. The van der Waals surface area contributed by atoms with Crippen LogP contribution in [0, 0.1) is 0 Å². The zero-order valence-electron chi connectivity index (χ0n) is 8.33. The SMILES string of the molecule is CNCc1cc(-c2ccc(Cl)cc2)ns1. The van der Waals surface area contributed by atoms with Gasteiger partial charge in [0.05, 0.1) is 5.69 Å². The van der Waals surface area contributed by atoms with E-state index in [1.54, 1.807) is 0 Å². The molecule has 1 heterocycles. The standard InChI is InChI=1S/C11H11ClN2S/c1-13-7-10-6-11(14-15-10)8-2-4-9(12)5-3-8/h2-6,13H,7H2,1H3. The molecular formula is C11H11ClN2S. The van der Waals surface area contributed by atoms with Crippen LogP contribution < -0.4 is 5.32 Å². The minimum Gasteiger partial charge on any atom is -0.315 e. The van der Waals surface area contributed by atoms with Gasteiger partial charge in [-0.2, -0.15) is 4.37 Å².